The van der Waals surface area contributed by atoms with Crippen LogP contribution in [-0.4, -0.2) is 16.8 Å². The van der Waals surface area contributed by atoms with Crippen molar-refractivity contribution in [3.05, 3.63) is 35.5 Å². The van der Waals surface area contributed by atoms with Crippen molar-refractivity contribution in [2.24, 2.45) is 5.92 Å². The maximum absolute atomic E-state index is 12.1. The fourth-order valence-electron chi connectivity index (χ4n) is 2.33. The lowest BCUT2D eigenvalue weighted by Gasteiger charge is -2.18. The van der Waals surface area contributed by atoms with E-state index in [1.54, 1.807) is 6.07 Å². The molecule has 0 radical (unpaired) electrons. The molecule has 0 fully saturated rings. The van der Waals surface area contributed by atoms with Crippen LogP contribution in [0.3, 0.4) is 0 Å². The number of fused-ring (bicyclic) bond motifs is 1. The Morgan fingerprint density at radius 2 is 1.83 bits per heavy atom. The highest BCUT2D eigenvalue weighted by Gasteiger charge is 2.16. The van der Waals surface area contributed by atoms with Crippen molar-refractivity contribution in [2.45, 2.75) is 46.5 Å². The molecule has 2 amide bonds. The molecule has 1 heterocycles. The highest BCUT2D eigenvalue weighted by Crippen LogP contribution is 2.26. The van der Waals surface area contributed by atoms with Gasteiger partial charge in [-0.1, -0.05) is 46.8 Å². The molecule has 0 aliphatic rings. The van der Waals surface area contributed by atoms with Crippen LogP contribution in [0.4, 0.5) is 0 Å². The van der Waals surface area contributed by atoms with Gasteiger partial charge < -0.3 is 4.98 Å². The van der Waals surface area contributed by atoms with Crippen LogP contribution in [-0.2, 0) is 10.2 Å². The third-order valence-electron chi connectivity index (χ3n) is 3.64. The van der Waals surface area contributed by atoms with Crippen molar-refractivity contribution in [1.82, 2.24) is 15.8 Å². The molecule has 0 unspecified atom stereocenters. The second kappa shape index (κ2) is 6.44. The summed E-state index contributed by atoms with van der Waals surface area (Å²) in [5.74, 6) is -0.300. The number of hydrazine groups is 1. The minimum absolute atomic E-state index is 0.0482. The van der Waals surface area contributed by atoms with Gasteiger partial charge in [0.15, 0.2) is 0 Å². The minimum Gasteiger partial charge on any atom is -0.350 e. The van der Waals surface area contributed by atoms with E-state index in [1.807, 2.05) is 19.9 Å². The van der Waals surface area contributed by atoms with E-state index >= 15 is 0 Å². The number of nitrogens with one attached hydrogen (secondary N) is 3. The van der Waals surface area contributed by atoms with E-state index in [-0.39, 0.29) is 23.1 Å². The van der Waals surface area contributed by atoms with Crippen LogP contribution in [0.25, 0.3) is 10.9 Å². The highest BCUT2D eigenvalue weighted by atomic mass is 16.2. The fraction of sp³-hybridized carbons (Fsp3) is 0.444. The number of carbonyl (C=O) groups excluding carboxylic acids is 2. The molecule has 124 valence electrons. The number of carbonyl (C=O) groups is 2. The second-order valence-electron chi connectivity index (χ2n) is 7.34. The van der Waals surface area contributed by atoms with Gasteiger partial charge in [0.1, 0.15) is 5.69 Å². The van der Waals surface area contributed by atoms with E-state index in [4.69, 9.17) is 0 Å². The Bertz CT molecular complexity index is 723. The van der Waals surface area contributed by atoms with E-state index in [0.717, 1.165) is 10.9 Å². The van der Waals surface area contributed by atoms with Crippen LogP contribution in [0.1, 0.15) is 57.1 Å². The molecule has 2 rings (SSSR count). The predicted molar refractivity (Wildman–Crippen MR) is 92.1 cm³/mol. The number of benzene rings is 1. The molecule has 0 saturated heterocycles. The summed E-state index contributed by atoms with van der Waals surface area (Å²) in [5, 5.41) is 0.969. The lowest BCUT2D eigenvalue weighted by Crippen LogP contribution is -2.42. The van der Waals surface area contributed by atoms with Gasteiger partial charge in [-0.3, -0.25) is 20.4 Å². The van der Waals surface area contributed by atoms with Crippen molar-refractivity contribution in [3.8, 4) is 0 Å². The molecule has 1 aromatic carbocycles. The first kappa shape index (κ1) is 17.1. The summed E-state index contributed by atoms with van der Waals surface area (Å²) >= 11 is 0. The molecule has 23 heavy (non-hydrogen) atoms. The van der Waals surface area contributed by atoms with E-state index < -0.39 is 0 Å². The Labute approximate surface area is 136 Å². The van der Waals surface area contributed by atoms with Gasteiger partial charge in [-0.15, -0.1) is 0 Å². The average molecular weight is 315 g/mol. The number of amides is 2. The van der Waals surface area contributed by atoms with Gasteiger partial charge in [0.05, 0.1) is 0 Å². The predicted octanol–water partition coefficient (Wildman–Crippen LogP) is 3.27. The summed E-state index contributed by atoms with van der Waals surface area (Å²) in [5.41, 5.74) is 7.46. The number of hydrogen-bond acceptors (Lipinski definition) is 2. The maximum Gasteiger partial charge on any atom is 0.286 e. The van der Waals surface area contributed by atoms with Crippen molar-refractivity contribution in [1.29, 1.82) is 0 Å². The van der Waals surface area contributed by atoms with Gasteiger partial charge in [-0.25, -0.2) is 0 Å². The summed E-state index contributed by atoms with van der Waals surface area (Å²) < 4.78 is 0. The Morgan fingerprint density at radius 3 is 2.43 bits per heavy atom. The Kier molecular flexibility index (Phi) is 4.78. The van der Waals surface area contributed by atoms with Crippen LogP contribution >= 0.6 is 0 Å². The molecule has 3 N–H and O–H groups in total. The molecular formula is C18H25N3O2. The molecular weight excluding hydrogens is 290 g/mol. The van der Waals surface area contributed by atoms with Crippen LogP contribution < -0.4 is 10.9 Å². The largest absolute Gasteiger partial charge is 0.350 e. The quantitative estimate of drug-likeness (QED) is 0.761. The summed E-state index contributed by atoms with van der Waals surface area (Å²) in [7, 11) is 0. The van der Waals surface area contributed by atoms with Crippen molar-refractivity contribution in [3.63, 3.8) is 0 Å². The Hall–Kier alpha value is -2.30. The zero-order chi connectivity index (χ0) is 17.2. The third kappa shape index (κ3) is 4.34. The topological polar surface area (TPSA) is 74.0 Å². The van der Waals surface area contributed by atoms with Crippen LogP contribution in [0.5, 0.6) is 0 Å². The summed E-state index contributed by atoms with van der Waals surface area (Å²) in [6.07, 6.45) is 0.377. The first-order chi connectivity index (χ1) is 10.7. The van der Waals surface area contributed by atoms with Gasteiger partial charge in [0, 0.05) is 17.3 Å². The van der Waals surface area contributed by atoms with Crippen molar-refractivity contribution in [2.75, 3.05) is 0 Å². The number of rotatable bonds is 3. The van der Waals surface area contributed by atoms with Crippen molar-refractivity contribution < 1.29 is 9.59 Å². The maximum atomic E-state index is 12.1. The van der Waals surface area contributed by atoms with Gasteiger partial charge in [-0.05, 0) is 29.0 Å². The third-order valence-corrected chi connectivity index (χ3v) is 3.64. The van der Waals surface area contributed by atoms with E-state index in [1.165, 1.54) is 5.56 Å². The Balaban J connectivity index is 2.11. The molecule has 0 aliphatic carbocycles. The Morgan fingerprint density at radius 1 is 1.13 bits per heavy atom. The fourth-order valence-corrected chi connectivity index (χ4v) is 2.33. The summed E-state index contributed by atoms with van der Waals surface area (Å²) in [6.45, 7) is 10.3. The number of aromatic nitrogens is 1. The number of H-pyrrole nitrogens is 1. The lowest BCUT2D eigenvalue weighted by molar-refractivity contribution is -0.122. The molecule has 5 heteroatoms. The van der Waals surface area contributed by atoms with Gasteiger partial charge in [0.2, 0.25) is 5.91 Å². The molecule has 0 spiro atoms. The van der Waals surface area contributed by atoms with E-state index in [2.05, 4.69) is 48.7 Å². The van der Waals surface area contributed by atoms with Gasteiger partial charge in [0.25, 0.3) is 5.91 Å². The smallest absolute Gasteiger partial charge is 0.286 e. The zero-order valence-corrected chi connectivity index (χ0v) is 14.4. The molecule has 1 aromatic heterocycles. The average Bonchev–Trinajstić information content (AvgIpc) is 2.86. The van der Waals surface area contributed by atoms with E-state index in [0.29, 0.717) is 12.1 Å². The van der Waals surface area contributed by atoms with Crippen LogP contribution in [0.15, 0.2) is 24.3 Å². The van der Waals surface area contributed by atoms with Crippen LogP contribution in [0, 0.1) is 5.92 Å². The van der Waals surface area contributed by atoms with E-state index in [9.17, 15) is 9.59 Å². The van der Waals surface area contributed by atoms with Gasteiger partial charge >= 0.3 is 0 Å². The monoisotopic (exact) mass is 315 g/mol. The molecule has 2 aromatic rings. The lowest BCUT2D eigenvalue weighted by atomic mass is 9.87. The zero-order valence-electron chi connectivity index (χ0n) is 14.4. The van der Waals surface area contributed by atoms with Crippen LogP contribution in [0.2, 0.25) is 0 Å². The molecule has 0 bridgehead atoms. The second-order valence-corrected chi connectivity index (χ2v) is 7.34. The first-order valence-electron chi connectivity index (χ1n) is 7.89. The molecule has 0 saturated carbocycles. The highest BCUT2D eigenvalue weighted by molar-refractivity contribution is 5.98. The van der Waals surface area contributed by atoms with Crippen molar-refractivity contribution >= 4 is 22.7 Å². The molecule has 5 nitrogen and oxygen atoms in total. The standard InChI is InChI=1S/C18H25N3O2/c1-11(2)8-16(22)20-21-17(23)15-9-12-6-7-13(18(3,4)5)10-14(12)19-15/h6-7,9-11,19H,8H2,1-5H3,(H,20,22)(H,21,23). The number of aromatic amines is 1. The number of hydrogen-bond donors (Lipinski definition) is 3. The summed E-state index contributed by atoms with van der Waals surface area (Å²) in [4.78, 5) is 26.8. The molecule has 0 aliphatic heterocycles. The summed E-state index contributed by atoms with van der Waals surface area (Å²) in [6, 6.07) is 7.91. The van der Waals surface area contributed by atoms with Gasteiger partial charge in [-0.2, -0.15) is 0 Å². The normalized spacial score (nSPS) is 11.7. The SMILES string of the molecule is CC(C)CC(=O)NNC(=O)c1cc2ccc(C(C)(C)C)cc2[nH]1. The first-order valence-corrected chi connectivity index (χ1v) is 7.89. The minimum atomic E-state index is -0.351. The molecule has 0 atom stereocenters.